The van der Waals surface area contributed by atoms with Gasteiger partial charge < -0.3 is 10.2 Å². The molecule has 0 fully saturated rings. The van der Waals surface area contributed by atoms with Crippen molar-refractivity contribution in [1.82, 2.24) is 4.98 Å². The predicted molar refractivity (Wildman–Crippen MR) is 47.7 cm³/mol. The van der Waals surface area contributed by atoms with Crippen LogP contribution in [0.25, 0.3) is 11.1 Å². The molecule has 1 aromatic heterocycles. The summed E-state index contributed by atoms with van der Waals surface area (Å²) in [5, 5.41) is 8.54. The summed E-state index contributed by atoms with van der Waals surface area (Å²) >= 11 is 0. The first-order valence-electron chi connectivity index (χ1n) is 3.82. The summed E-state index contributed by atoms with van der Waals surface area (Å²) in [5.74, 6) is 0. The second kappa shape index (κ2) is 2.79. The second-order valence-corrected chi connectivity index (χ2v) is 2.65. The molecule has 2 aromatic rings. The van der Waals surface area contributed by atoms with E-state index in [4.69, 9.17) is 15.4 Å². The summed E-state index contributed by atoms with van der Waals surface area (Å²) in [6.45, 7) is 0. The van der Waals surface area contributed by atoms with Crippen LogP contribution in [0.5, 0.6) is 0 Å². The third-order valence-corrected chi connectivity index (χ3v) is 1.78. The van der Waals surface area contributed by atoms with Crippen LogP contribution >= 0.6 is 0 Å². The molecule has 0 saturated carbocycles. The molecule has 0 aliphatic heterocycles. The summed E-state index contributed by atoms with van der Waals surface area (Å²) in [7, 11) is 0. The Hall–Kier alpha value is -2.02. The molecule has 1 aromatic carbocycles. The SMILES string of the molecule is N#CCc1cccc2nc(N)oc12. The minimum atomic E-state index is 0.139. The quantitative estimate of drug-likeness (QED) is 0.708. The summed E-state index contributed by atoms with van der Waals surface area (Å²) in [4.78, 5) is 3.96. The minimum Gasteiger partial charge on any atom is -0.423 e. The van der Waals surface area contributed by atoms with Gasteiger partial charge in [0.1, 0.15) is 5.52 Å². The van der Waals surface area contributed by atoms with Gasteiger partial charge in [-0.1, -0.05) is 12.1 Å². The molecular weight excluding hydrogens is 166 g/mol. The van der Waals surface area contributed by atoms with Crippen molar-refractivity contribution in [3.63, 3.8) is 0 Å². The number of hydrogen-bond acceptors (Lipinski definition) is 4. The van der Waals surface area contributed by atoms with Gasteiger partial charge in [0.15, 0.2) is 5.58 Å². The topological polar surface area (TPSA) is 75.8 Å². The van der Waals surface area contributed by atoms with E-state index in [9.17, 15) is 0 Å². The van der Waals surface area contributed by atoms with Gasteiger partial charge in [-0.05, 0) is 6.07 Å². The molecule has 0 atom stereocenters. The van der Waals surface area contributed by atoms with Crippen LogP contribution in [0.15, 0.2) is 22.6 Å². The molecule has 0 radical (unpaired) electrons. The highest BCUT2D eigenvalue weighted by molar-refractivity contribution is 5.77. The van der Waals surface area contributed by atoms with E-state index in [1.165, 1.54) is 0 Å². The highest BCUT2D eigenvalue weighted by atomic mass is 16.4. The molecule has 0 aliphatic carbocycles. The van der Waals surface area contributed by atoms with Crippen molar-refractivity contribution in [3.05, 3.63) is 23.8 Å². The Morgan fingerprint density at radius 3 is 3.15 bits per heavy atom. The number of nitriles is 1. The number of rotatable bonds is 1. The number of hydrogen-bond donors (Lipinski definition) is 1. The highest BCUT2D eigenvalue weighted by Gasteiger charge is 2.06. The van der Waals surface area contributed by atoms with Crippen molar-refractivity contribution in [3.8, 4) is 6.07 Å². The fourth-order valence-corrected chi connectivity index (χ4v) is 1.25. The van der Waals surface area contributed by atoms with Gasteiger partial charge in [-0.2, -0.15) is 10.2 Å². The van der Waals surface area contributed by atoms with E-state index in [0.717, 1.165) is 5.56 Å². The molecule has 0 amide bonds. The number of nitrogens with two attached hydrogens (primary N) is 1. The number of nitrogen functional groups attached to an aromatic ring is 1. The number of para-hydroxylation sites is 1. The molecule has 64 valence electrons. The molecule has 13 heavy (non-hydrogen) atoms. The van der Waals surface area contributed by atoms with E-state index in [1.54, 1.807) is 6.07 Å². The van der Waals surface area contributed by atoms with Crippen LogP contribution in [0.3, 0.4) is 0 Å². The first-order valence-corrected chi connectivity index (χ1v) is 3.82. The standard InChI is InChI=1S/C9H7N3O/c10-5-4-6-2-1-3-7-8(6)13-9(11)12-7/h1-3H,4H2,(H2,11,12). The van der Waals surface area contributed by atoms with E-state index >= 15 is 0 Å². The molecule has 4 heteroatoms. The van der Waals surface area contributed by atoms with Crippen molar-refractivity contribution < 1.29 is 4.42 Å². The minimum absolute atomic E-state index is 0.139. The van der Waals surface area contributed by atoms with Crippen LogP contribution in [-0.2, 0) is 6.42 Å². The second-order valence-electron chi connectivity index (χ2n) is 2.65. The fourth-order valence-electron chi connectivity index (χ4n) is 1.25. The van der Waals surface area contributed by atoms with Crippen LogP contribution in [0.4, 0.5) is 6.01 Å². The lowest BCUT2D eigenvalue weighted by Gasteiger charge is -1.92. The van der Waals surface area contributed by atoms with Crippen molar-refractivity contribution >= 4 is 17.1 Å². The molecular formula is C9H7N3O. The molecule has 0 aliphatic rings. The summed E-state index contributed by atoms with van der Waals surface area (Å²) in [6, 6.07) is 7.66. The number of aromatic nitrogens is 1. The van der Waals surface area contributed by atoms with Crippen molar-refractivity contribution in [2.24, 2.45) is 0 Å². The summed E-state index contributed by atoms with van der Waals surface area (Å²) < 4.78 is 5.17. The molecule has 2 rings (SSSR count). The van der Waals surface area contributed by atoms with Crippen LogP contribution in [0.2, 0.25) is 0 Å². The van der Waals surface area contributed by atoms with E-state index in [-0.39, 0.29) is 6.01 Å². The van der Waals surface area contributed by atoms with Gasteiger partial charge in [-0.3, -0.25) is 0 Å². The number of fused-ring (bicyclic) bond motifs is 1. The Balaban J connectivity index is 2.69. The average Bonchev–Trinajstić information content (AvgIpc) is 2.47. The summed E-state index contributed by atoms with van der Waals surface area (Å²) in [6.07, 6.45) is 0.311. The van der Waals surface area contributed by atoms with Gasteiger partial charge >= 0.3 is 0 Å². The smallest absolute Gasteiger partial charge is 0.292 e. The van der Waals surface area contributed by atoms with Gasteiger partial charge in [-0.25, -0.2) is 0 Å². The highest BCUT2D eigenvalue weighted by Crippen LogP contribution is 2.20. The molecule has 0 bridgehead atoms. The molecule has 0 spiro atoms. The van der Waals surface area contributed by atoms with Crippen LogP contribution < -0.4 is 5.73 Å². The number of nitrogens with zero attached hydrogens (tertiary/aromatic N) is 2. The number of benzene rings is 1. The first kappa shape index (κ1) is 7.62. The van der Waals surface area contributed by atoms with Gasteiger partial charge in [0, 0.05) is 5.56 Å². The van der Waals surface area contributed by atoms with E-state index in [0.29, 0.717) is 17.5 Å². The van der Waals surface area contributed by atoms with E-state index in [1.807, 2.05) is 12.1 Å². The third-order valence-electron chi connectivity index (χ3n) is 1.78. The predicted octanol–water partition coefficient (Wildman–Crippen LogP) is 1.48. The lowest BCUT2D eigenvalue weighted by Crippen LogP contribution is -1.81. The van der Waals surface area contributed by atoms with Crippen LogP contribution in [-0.4, -0.2) is 4.98 Å². The summed E-state index contributed by atoms with van der Waals surface area (Å²) in [5.41, 5.74) is 7.53. The van der Waals surface area contributed by atoms with Crippen molar-refractivity contribution in [2.45, 2.75) is 6.42 Å². The van der Waals surface area contributed by atoms with Crippen LogP contribution in [0, 0.1) is 11.3 Å². The first-order chi connectivity index (χ1) is 6.31. The largest absolute Gasteiger partial charge is 0.423 e. The zero-order valence-corrected chi connectivity index (χ0v) is 6.82. The molecule has 1 heterocycles. The third kappa shape index (κ3) is 1.20. The maximum atomic E-state index is 8.54. The number of anilines is 1. The monoisotopic (exact) mass is 173 g/mol. The lowest BCUT2D eigenvalue weighted by atomic mass is 10.1. The zero-order chi connectivity index (χ0) is 9.26. The van der Waals surface area contributed by atoms with Gasteiger partial charge in [0.25, 0.3) is 6.01 Å². The van der Waals surface area contributed by atoms with E-state index in [2.05, 4.69) is 11.1 Å². The molecule has 0 unspecified atom stereocenters. The molecule has 2 N–H and O–H groups in total. The Morgan fingerprint density at radius 2 is 2.38 bits per heavy atom. The van der Waals surface area contributed by atoms with Crippen molar-refractivity contribution in [2.75, 3.05) is 5.73 Å². The fraction of sp³-hybridized carbons (Fsp3) is 0.111. The Kier molecular flexibility index (Phi) is 1.64. The van der Waals surface area contributed by atoms with Crippen LogP contribution in [0.1, 0.15) is 5.56 Å². The van der Waals surface area contributed by atoms with Gasteiger partial charge in [-0.15, -0.1) is 0 Å². The van der Waals surface area contributed by atoms with E-state index < -0.39 is 0 Å². The Morgan fingerprint density at radius 1 is 1.54 bits per heavy atom. The normalized spacial score (nSPS) is 10.1. The zero-order valence-electron chi connectivity index (χ0n) is 6.82. The number of oxazole rings is 1. The molecule has 4 nitrogen and oxygen atoms in total. The van der Waals surface area contributed by atoms with Gasteiger partial charge in [0.2, 0.25) is 0 Å². The average molecular weight is 173 g/mol. The lowest BCUT2D eigenvalue weighted by molar-refractivity contribution is 0.623. The molecule has 0 saturated heterocycles. The maximum Gasteiger partial charge on any atom is 0.292 e. The Labute approximate surface area is 74.6 Å². The Bertz CT molecular complexity index is 481. The van der Waals surface area contributed by atoms with Gasteiger partial charge in [0.05, 0.1) is 12.5 Å². The maximum absolute atomic E-state index is 8.54. The van der Waals surface area contributed by atoms with Crippen molar-refractivity contribution in [1.29, 1.82) is 5.26 Å².